The highest BCUT2D eigenvalue weighted by atomic mass is 32.2. The fourth-order valence-corrected chi connectivity index (χ4v) is 4.50. The lowest BCUT2D eigenvalue weighted by molar-refractivity contribution is -0.384. The molecular formula is C15H21BN2O6S. The van der Waals surface area contributed by atoms with Gasteiger partial charge in [-0.05, 0) is 45.6 Å². The van der Waals surface area contributed by atoms with E-state index in [4.69, 9.17) is 9.31 Å². The van der Waals surface area contributed by atoms with Crippen molar-refractivity contribution in [2.24, 2.45) is 0 Å². The summed E-state index contributed by atoms with van der Waals surface area (Å²) in [5, 5.41) is 11.3. The Bertz CT molecular complexity index is 807. The summed E-state index contributed by atoms with van der Waals surface area (Å²) >= 11 is 0. The van der Waals surface area contributed by atoms with Gasteiger partial charge in [0.15, 0.2) is 0 Å². The van der Waals surface area contributed by atoms with Crippen LogP contribution in [0.4, 0.5) is 11.4 Å². The van der Waals surface area contributed by atoms with Gasteiger partial charge in [0.05, 0.1) is 21.9 Å². The van der Waals surface area contributed by atoms with Crippen molar-refractivity contribution < 1.29 is 22.6 Å². The molecule has 1 aromatic rings. The van der Waals surface area contributed by atoms with Crippen LogP contribution in [0.3, 0.4) is 0 Å². The Balaban J connectivity index is 2.04. The zero-order valence-corrected chi connectivity index (χ0v) is 15.5. The zero-order chi connectivity index (χ0) is 18.6. The average Bonchev–Trinajstić information content (AvgIpc) is 2.94. The molecule has 25 heavy (non-hydrogen) atoms. The number of nitro groups is 1. The third-order valence-corrected chi connectivity index (χ3v) is 6.94. The predicted octanol–water partition coefficient (Wildman–Crippen LogP) is 1.43. The lowest BCUT2D eigenvalue weighted by Gasteiger charge is -2.32. The number of anilines is 1. The Morgan fingerprint density at radius 3 is 2.28 bits per heavy atom. The average molecular weight is 368 g/mol. The molecule has 3 rings (SSSR count). The van der Waals surface area contributed by atoms with E-state index in [1.165, 1.54) is 12.1 Å². The van der Waals surface area contributed by atoms with Crippen LogP contribution in [0.15, 0.2) is 18.2 Å². The van der Waals surface area contributed by atoms with Gasteiger partial charge in [-0.2, -0.15) is 0 Å². The van der Waals surface area contributed by atoms with Gasteiger partial charge in [0, 0.05) is 12.6 Å². The van der Waals surface area contributed by atoms with Crippen molar-refractivity contribution in [3.05, 3.63) is 28.3 Å². The largest absolute Gasteiger partial charge is 0.494 e. The Morgan fingerprint density at radius 1 is 1.20 bits per heavy atom. The molecular weight excluding hydrogens is 347 g/mol. The van der Waals surface area contributed by atoms with Crippen molar-refractivity contribution in [1.29, 1.82) is 0 Å². The molecule has 2 aliphatic rings. The van der Waals surface area contributed by atoms with Crippen molar-refractivity contribution >= 4 is 34.0 Å². The van der Waals surface area contributed by atoms with E-state index in [0.29, 0.717) is 11.9 Å². The molecule has 136 valence electrons. The molecule has 2 fully saturated rings. The van der Waals surface area contributed by atoms with Gasteiger partial charge in [-0.1, -0.05) is 6.07 Å². The molecule has 0 unspecified atom stereocenters. The first-order chi connectivity index (χ1) is 11.4. The molecule has 8 nitrogen and oxygen atoms in total. The SMILES string of the molecule is CC1(C)OB(c2ccc([N+](=O)[O-])c(N3CCCS3(=O)=O)c2)OC1(C)C. The molecule has 0 atom stereocenters. The van der Waals surface area contributed by atoms with Crippen LogP contribution in [0.25, 0.3) is 0 Å². The first-order valence-corrected chi connectivity index (χ1v) is 9.70. The summed E-state index contributed by atoms with van der Waals surface area (Å²) in [4.78, 5) is 10.8. The van der Waals surface area contributed by atoms with Crippen molar-refractivity contribution in [1.82, 2.24) is 0 Å². The molecule has 0 aliphatic carbocycles. The Labute approximate surface area is 147 Å². The van der Waals surface area contributed by atoms with Crippen LogP contribution in [-0.2, 0) is 19.3 Å². The molecule has 0 amide bonds. The first-order valence-electron chi connectivity index (χ1n) is 8.09. The maximum atomic E-state index is 12.2. The third-order valence-electron chi connectivity index (χ3n) is 5.09. The van der Waals surface area contributed by atoms with Crippen LogP contribution in [0.5, 0.6) is 0 Å². The number of rotatable bonds is 3. The Hall–Kier alpha value is -1.65. The number of nitrogens with zero attached hydrogens (tertiary/aromatic N) is 2. The number of hydrogen-bond acceptors (Lipinski definition) is 6. The van der Waals surface area contributed by atoms with E-state index >= 15 is 0 Å². The monoisotopic (exact) mass is 368 g/mol. The zero-order valence-electron chi connectivity index (χ0n) is 14.7. The maximum Gasteiger partial charge on any atom is 0.494 e. The van der Waals surface area contributed by atoms with Crippen LogP contribution < -0.4 is 9.77 Å². The minimum absolute atomic E-state index is 0.00905. The van der Waals surface area contributed by atoms with Crippen LogP contribution in [0.1, 0.15) is 34.1 Å². The second kappa shape index (κ2) is 5.68. The van der Waals surface area contributed by atoms with Gasteiger partial charge >= 0.3 is 7.12 Å². The topological polar surface area (TPSA) is 99.0 Å². The molecule has 2 saturated heterocycles. The summed E-state index contributed by atoms with van der Waals surface area (Å²) in [7, 11) is -4.25. The number of benzene rings is 1. The summed E-state index contributed by atoms with van der Waals surface area (Å²) in [6.07, 6.45) is 0.445. The van der Waals surface area contributed by atoms with E-state index in [9.17, 15) is 18.5 Å². The highest BCUT2D eigenvalue weighted by Crippen LogP contribution is 2.38. The van der Waals surface area contributed by atoms with Crippen molar-refractivity contribution in [3.8, 4) is 0 Å². The molecule has 2 heterocycles. The molecule has 0 N–H and O–H groups in total. The number of nitro benzene ring substituents is 1. The second-order valence-corrected chi connectivity index (χ2v) is 9.35. The molecule has 0 radical (unpaired) electrons. The predicted molar refractivity (Wildman–Crippen MR) is 94.6 cm³/mol. The number of sulfonamides is 1. The van der Waals surface area contributed by atoms with Crippen LogP contribution in [-0.4, -0.2) is 44.0 Å². The summed E-state index contributed by atoms with van der Waals surface area (Å²) in [5.41, 5.74) is -0.736. The fraction of sp³-hybridized carbons (Fsp3) is 0.600. The van der Waals surface area contributed by atoms with E-state index in [1.54, 1.807) is 6.07 Å². The summed E-state index contributed by atoms with van der Waals surface area (Å²) < 4.78 is 37.5. The third kappa shape index (κ3) is 3.02. The van der Waals surface area contributed by atoms with Gasteiger partial charge in [0.2, 0.25) is 10.0 Å². The summed E-state index contributed by atoms with van der Waals surface area (Å²) in [6.45, 7) is 7.86. The smallest absolute Gasteiger partial charge is 0.399 e. The van der Waals surface area contributed by atoms with Crippen molar-refractivity contribution in [2.45, 2.75) is 45.3 Å². The molecule has 10 heteroatoms. The molecule has 0 saturated carbocycles. The van der Waals surface area contributed by atoms with Gasteiger partial charge in [-0.3, -0.25) is 14.4 Å². The normalized spacial score (nSPS) is 23.8. The second-order valence-electron chi connectivity index (χ2n) is 7.34. The lowest BCUT2D eigenvalue weighted by atomic mass is 9.78. The molecule has 2 aliphatic heterocycles. The highest BCUT2D eigenvalue weighted by molar-refractivity contribution is 7.93. The van der Waals surface area contributed by atoms with Gasteiger partial charge in [-0.15, -0.1) is 0 Å². The summed E-state index contributed by atoms with van der Waals surface area (Å²) in [5.74, 6) is -0.00905. The highest BCUT2D eigenvalue weighted by Gasteiger charge is 2.52. The van der Waals surface area contributed by atoms with E-state index in [2.05, 4.69) is 0 Å². The van der Waals surface area contributed by atoms with Gasteiger partial charge in [0.25, 0.3) is 5.69 Å². The Kier molecular flexibility index (Phi) is 4.13. The first kappa shape index (κ1) is 18.2. The molecule has 0 spiro atoms. The quantitative estimate of drug-likeness (QED) is 0.455. The van der Waals surface area contributed by atoms with E-state index in [-0.39, 0.29) is 23.7 Å². The van der Waals surface area contributed by atoms with Crippen molar-refractivity contribution in [3.63, 3.8) is 0 Å². The molecule has 0 bridgehead atoms. The maximum absolute atomic E-state index is 12.2. The lowest BCUT2D eigenvalue weighted by Crippen LogP contribution is -2.41. The molecule has 1 aromatic carbocycles. The summed E-state index contributed by atoms with van der Waals surface area (Å²) in [6, 6.07) is 4.35. The van der Waals surface area contributed by atoms with Gasteiger partial charge < -0.3 is 9.31 Å². The van der Waals surface area contributed by atoms with Gasteiger partial charge in [0.1, 0.15) is 5.69 Å². The number of hydrogen-bond donors (Lipinski definition) is 0. The van der Waals surface area contributed by atoms with Crippen LogP contribution >= 0.6 is 0 Å². The molecule has 0 aromatic heterocycles. The van der Waals surface area contributed by atoms with E-state index in [1.807, 2.05) is 27.7 Å². The van der Waals surface area contributed by atoms with E-state index in [0.717, 1.165) is 4.31 Å². The van der Waals surface area contributed by atoms with Crippen molar-refractivity contribution in [2.75, 3.05) is 16.6 Å². The Morgan fingerprint density at radius 2 is 1.80 bits per heavy atom. The van der Waals surface area contributed by atoms with E-state index < -0.39 is 33.3 Å². The van der Waals surface area contributed by atoms with Gasteiger partial charge in [-0.25, -0.2) is 8.42 Å². The fourth-order valence-electron chi connectivity index (χ4n) is 2.93. The van der Waals surface area contributed by atoms with Crippen LogP contribution in [0, 0.1) is 10.1 Å². The van der Waals surface area contributed by atoms with Crippen LogP contribution in [0.2, 0.25) is 0 Å². The minimum atomic E-state index is -3.53. The standard InChI is InChI=1S/C15H21BN2O6S/c1-14(2)15(3,4)24-16(23-14)11-6-7-12(18(19)20)13(10-11)17-8-5-9-25(17,21)22/h6-7,10H,5,8-9H2,1-4H3. The minimum Gasteiger partial charge on any atom is -0.399 e.